The largest absolute Gasteiger partial charge is 0.441 e. The van der Waals surface area contributed by atoms with Crippen molar-refractivity contribution in [1.82, 2.24) is 19.9 Å². The number of aryl methyl sites for hydroxylation is 1. The van der Waals surface area contributed by atoms with E-state index < -0.39 is 0 Å². The van der Waals surface area contributed by atoms with E-state index in [4.69, 9.17) is 4.42 Å². The first-order chi connectivity index (χ1) is 12.7. The number of H-pyrrole nitrogens is 1. The van der Waals surface area contributed by atoms with E-state index in [1.54, 1.807) is 30.6 Å². The third-order valence-corrected chi connectivity index (χ3v) is 4.65. The minimum absolute atomic E-state index is 0.0102. The number of benzene rings is 1. The van der Waals surface area contributed by atoms with Crippen LogP contribution in [0.5, 0.6) is 0 Å². The van der Waals surface area contributed by atoms with Gasteiger partial charge in [0.05, 0.1) is 17.8 Å². The smallest absolute Gasteiger partial charge is 0.223 e. The number of rotatable bonds is 5. The van der Waals surface area contributed by atoms with Crippen LogP contribution < -0.4 is 0 Å². The first-order valence-electron chi connectivity index (χ1n) is 8.71. The summed E-state index contributed by atoms with van der Waals surface area (Å²) in [4.78, 5) is 26.0. The number of hydrogen-bond donors (Lipinski definition) is 1. The van der Waals surface area contributed by atoms with Crippen molar-refractivity contribution in [3.05, 3.63) is 60.4 Å². The summed E-state index contributed by atoms with van der Waals surface area (Å²) in [7, 11) is 0. The topological polar surface area (TPSA) is 75.0 Å². The molecule has 1 fully saturated rings. The third-order valence-electron chi connectivity index (χ3n) is 4.65. The summed E-state index contributed by atoms with van der Waals surface area (Å²) in [6.07, 6.45) is 7.53. The Morgan fingerprint density at radius 1 is 1.35 bits per heavy atom. The zero-order valence-corrected chi connectivity index (χ0v) is 14.2. The fourth-order valence-corrected chi connectivity index (χ4v) is 3.38. The van der Waals surface area contributed by atoms with Crippen LogP contribution in [0.4, 0.5) is 4.39 Å². The molecule has 6 nitrogen and oxygen atoms in total. The van der Waals surface area contributed by atoms with Crippen molar-refractivity contribution in [2.45, 2.75) is 31.7 Å². The van der Waals surface area contributed by atoms with Crippen LogP contribution in [0.2, 0.25) is 0 Å². The predicted octanol–water partition coefficient (Wildman–Crippen LogP) is 3.50. The number of amides is 1. The van der Waals surface area contributed by atoms with Gasteiger partial charge in [-0.15, -0.1) is 0 Å². The van der Waals surface area contributed by atoms with Crippen LogP contribution in [0.25, 0.3) is 11.3 Å². The molecule has 3 aromatic rings. The number of aromatic amines is 1. The van der Waals surface area contributed by atoms with Crippen molar-refractivity contribution in [2.24, 2.45) is 0 Å². The lowest BCUT2D eigenvalue weighted by Gasteiger charge is -2.23. The van der Waals surface area contributed by atoms with Crippen molar-refractivity contribution in [3.8, 4) is 11.3 Å². The van der Waals surface area contributed by atoms with Gasteiger partial charge < -0.3 is 14.3 Å². The number of hydrogen-bond acceptors (Lipinski definition) is 4. The van der Waals surface area contributed by atoms with E-state index >= 15 is 0 Å². The Morgan fingerprint density at radius 3 is 3.04 bits per heavy atom. The van der Waals surface area contributed by atoms with Crippen LogP contribution >= 0.6 is 0 Å². The number of nitrogens with zero attached hydrogens (tertiary/aromatic N) is 3. The van der Waals surface area contributed by atoms with Crippen molar-refractivity contribution < 1.29 is 13.6 Å². The third kappa shape index (κ3) is 3.24. The molecule has 1 aliphatic rings. The summed E-state index contributed by atoms with van der Waals surface area (Å²) >= 11 is 0. The molecule has 134 valence electrons. The molecule has 1 saturated heterocycles. The van der Waals surface area contributed by atoms with Gasteiger partial charge in [0.1, 0.15) is 11.6 Å². The van der Waals surface area contributed by atoms with Crippen LogP contribution in [-0.4, -0.2) is 32.3 Å². The molecule has 4 rings (SSSR count). The van der Waals surface area contributed by atoms with E-state index in [1.807, 2.05) is 4.90 Å². The van der Waals surface area contributed by atoms with Crippen LogP contribution in [0.15, 0.2) is 47.3 Å². The van der Waals surface area contributed by atoms with E-state index in [2.05, 4.69) is 15.0 Å². The zero-order valence-electron chi connectivity index (χ0n) is 14.2. The van der Waals surface area contributed by atoms with E-state index in [1.165, 1.54) is 12.3 Å². The molecular weight excluding hydrogens is 335 g/mol. The number of halogens is 1. The summed E-state index contributed by atoms with van der Waals surface area (Å²) < 4.78 is 19.4. The first kappa shape index (κ1) is 16.5. The van der Waals surface area contributed by atoms with Crippen molar-refractivity contribution in [3.63, 3.8) is 0 Å². The molecule has 1 N–H and O–H groups in total. The number of oxazole rings is 1. The first-order valence-corrected chi connectivity index (χ1v) is 8.71. The molecule has 26 heavy (non-hydrogen) atoms. The van der Waals surface area contributed by atoms with Gasteiger partial charge in [-0.1, -0.05) is 12.1 Å². The van der Waals surface area contributed by atoms with E-state index in [0.717, 1.165) is 25.2 Å². The molecule has 1 aliphatic heterocycles. The number of nitrogens with one attached hydrogen (secondary N) is 1. The number of aromatic nitrogens is 3. The lowest BCUT2D eigenvalue weighted by Crippen LogP contribution is -2.31. The molecule has 1 unspecified atom stereocenters. The molecule has 0 bridgehead atoms. The SMILES string of the molecule is O=C(CCc1ncc(-c2ccccc2F)o1)N1CCCC1c1ncc[nH]1. The van der Waals surface area contributed by atoms with Crippen LogP contribution in [0.3, 0.4) is 0 Å². The second kappa shape index (κ2) is 7.11. The van der Waals surface area contributed by atoms with Gasteiger partial charge in [0.25, 0.3) is 0 Å². The molecule has 0 spiro atoms. The zero-order chi connectivity index (χ0) is 17.9. The van der Waals surface area contributed by atoms with Gasteiger partial charge in [-0.05, 0) is 25.0 Å². The molecule has 1 aromatic carbocycles. The van der Waals surface area contributed by atoms with E-state index in [0.29, 0.717) is 30.1 Å². The van der Waals surface area contributed by atoms with Gasteiger partial charge in [0.2, 0.25) is 5.91 Å². The van der Waals surface area contributed by atoms with Gasteiger partial charge in [-0.25, -0.2) is 14.4 Å². The summed E-state index contributed by atoms with van der Waals surface area (Å²) in [5, 5.41) is 0. The van der Waals surface area contributed by atoms with Crippen LogP contribution in [0.1, 0.15) is 37.0 Å². The highest BCUT2D eigenvalue weighted by Crippen LogP contribution is 2.30. The summed E-state index contributed by atoms with van der Waals surface area (Å²) in [6, 6.07) is 6.40. The van der Waals surface area contributed by atoms with Crippen LogP contribution in [-0.2, 0) is 11.2 Å². The number of imidazole rings is 1. The van der Waals surface area contributed by atoms with Crippen molar-refractivity contribution >= 4 is 5.91 Å². The normalized spacial score (nSPS) is 17.0. The van der Waals surface area contributed by atoms with E-state index in [9.17, 15) is 9.18 Å². The molecule has 0 aliphatic carbocycles. The Morgan fingerprint density at radius 2 is 2.23 bits per heavy atom. The average Bonchev–Trinajstić information content (AvgIpc) is 3.40. The fraction of sp³-hybridized carbons (Fsp3) is 0.316. The molecular formula is C19H19FN4O2. The Hall–Kier alpha value is -2.96. The Kier molecular flexibility index (Phi) is 4.51. The number of likely N-dealkylation sites (tertiary alicyclic amines) is 1. The minimum Gasteiger partial charge on any atom is -0.441 e. The minimum atomic E-state index is -0.357. The van der Waals surface area contributed by atoms with Gasteiger partial charge in [-0.2, -0.15) is 0 Å². The highest BCUT2D eigenvalue weighted by Gasteiger charge is 2.31. The van der Waals surface area contributed by atoms with Crippen LogP contribution in [0, 0.1) is 5.82 Å². The summed E-state index contributed by atoms with van der Waals surface area (Å²) in [6.45, 7) is 0.732. The Labute approximate surface area is 150 Å². The molecule has 0 radical (unpaired) electrons. The summed E-state index contributed by atoms with van der Waals surface area (Å²) in [5.74, 6) is 1.33. The standard InChI is InChI=1S/C19H19FN4O2/c20-14-5-2-1-4-13(14)16-12-23-17(26-16)7-8-18(25)24-11-3-6-15(24)19-21-9-10-22-19/h1-2,4-5,9-10,12,15H,3,6-8,11H2,(H,21,22). The lowest BCUT2D eigenvalue weighted by atomic mass is 10.2. The predicted molar refractivity (Wildman–Crippen MR) is 92.5 cm³/mol. The fourth-order valence-electron chi connectivity index (χ4n) is 3.38. The maximum atomic E-state index is 13.8. The number of carbonyl (C=O) groups excluding carboxylic acids is 1. The molecule has 1 amide bonds. The molecule has 1 atom stereocenters. The Balaban J connectivity index is 1.40. The molecule has 3 heterocycles. The van der Waals surface area contributed by atoms with E-state index in [-0.39, 0.29) is 17.8 Å². The van der Waals surface area contributed by atoms with Gasteiger partial charge in [0, 0.05) is 31.8 Å². The highest BCUT2D eigenvalue weighted by atomic mass is 19.1. The Bertz CT molecular complexity index is 891. The molecule has 7 heteroatoms. The maximum Gasteiger partial charge on any atom is 0.223 e. The average molecular weight is 354 g/mol. The molecule has 2 aromatic heterocycles. The lowest BCUT2D eigenvalue weighted by molar-refractivity contribution is -0.132. The second-order valence-electron chi connectivity index (χ2n) is 6.32. The van der Waals surface area contributed by atoms with Gasteiger partial charge in [-0.3, -0.25) is 4.79 Å². The quantitative estimate of drug-likeness (QED) is 0.761. The monoisotopic (exact) mass is 354 g/mol. The second-order valence-corrected chi connectivity index (χ2v) is 6.32. The maximum absolute atomic E-state index is 13.8. The van der Waals surface area contributed by atoms with Gasteiger partial charge in [0.15, 0.2) is 11.7 Å². The van der Waals surface area contributed by atoms with Crippen molar-refractivity contribution in [1.29, 1.82) is 0 Å². The number of carbonyl (C=O) groups is 1. The molecule has 0 saturated carbocycles. The summed E-state index contributed by atoms with van der Waals surface area (Å²) in [5.41, 5.74) is 0.370. The highest BCUT2D eigenvalue weighted by molar-refractivity contribution is 5.77. The van der Waals surface area contributed by atoms with Crippen molar-refractivity contribution in [2.75, 3.05) is 6.54 Å². The van der Waals surface area contributed by atoms with Gasteiger partial charge >= 0.3 is 0 Å².